The SMILES string of the molecule is CNC(=O)c1[c]ccnc1OC. The van der Waals surface area contributed by atoms with Gasteiger partial charge in [0, 0.05) is 19.3 Å². The van der Waals surface area contributed by atoms with Gasteiger partial charge in [0.05, 0.1) is 7.11 Å². The quantitative estimate of drug-likeness (QED) is 0.683. The Labute approximate surface area is 70.6 Å². The minimum atomic E-state index is -0.250. The fourth-order valence-corrected chi connectivity index (χ4v) is 0.794. The first kappa shape index (κ1) is 8.52. The Balaban J connectivity index is 3.04. The Morgan fingerprint density at radius 1 is 1.75 bits per heavy atom. The number of nitrogens with one attached hydrogen (secondary N) is 1. The Kier molecular flexibility index (Phi) is 2.63. The molecular weight excluding hydrogens is 156 g/mol. The Morgan fingerprint density at radius 3 is 3.08 bits per heavy atom. The monoisotopic (exact) mass is 165 g/mol. The third kappa shape index (κ3) is 1.53. The first-order valence-electron chi connectivity index (χ1n) is 3.42. The van der Waals surface area contributed by atoms with Crippen LogP contribution in [0.1, 0.15) is 10.4 Å². The zero-order valence-electron chi connectivity index (χ0n) is 6.92. The van der Waals surface area contributed by atoms with Crippen LogP contribution in [0.5, 0.6) is 5.88 Å². The van der Waals surface area contributed by atoms with Crippen LogP contribution >= 0.6 is 0 Å². The van der Waals surface area contributed by atoms with E-state index in [-0.39, 0.29) is 11.8 Å². The van der Waals surface area contributed by atoms with Gasteiger partial charge in [-0.1, -0.05) is 0 Å². The second-order valence-electron chi connectivity index (χ2n) is 2.05. The number of pyridine rings is 1. The third-order valence-corrected chi connectivity index (χ3v) is 1.36. The summed E-state index contributed by atoms with van der Waals surface area (Å²) in [5, 5.41) is 2.47. The number of hydrogen-bond donors (Lipinski definition) is 1. The van der Waals surface area contributed by atoms with Crippen molar-refractivity contribution in [3.05, 3.63) is 23.9 Å². The Morgan fingerprint density at radius 2 is 2.50 bits per heavy atom. The molecule has 0 spiro atoms. The van der Waals surface area contributed by atoms with Crippen LogP contribution in [0.4, 0.5) is 0 Å². The van der Waals surface area contributed by atoms with Crippen molar-refractivity contribution >= 4 is 5.91 Å². The van der Waals surface area contributed by atoms with Gasteiger partial charge in [-0.25, -0.2) is 4.98 Å². The summed E-state index contributed by atoms with van der Waals surface area (Å²) in [6.07, 6.45) is 1.52. The van der Waals surface area contributed by atoms with Crippen molar-refractivity contribution in [1.29, 1.82) is 0 Å². The maximum absolute atomic E-state index is 11.1. The van der Waals surface area contributed by atoms with E-state index in [2.05, 4.69) is 16.4 Å². The molecule has 12 heavy (non-hydrogen) atoms. The summed E-state index contributed by atoms with van der Waals surface area (Å²) in [4.78, 5) is 15.0. The molecular formula is C8H9N2O2. The molecule has 0 bridgehead atoms. The number of carbonyl (C=O) groups excluding carboxylic acids is 1. The van der Waals surface area contributed by atoms with Gasteiger partial charge in [-0.2, -0.15) is 0 Å². The molecule has 1 amide bonds. The van der Waals surface area contributed by atoms with E-state index in [0.29, 0.717) is 5.56 Å². The average Bonchev–Trinajstić information content (AvgIpc) is 2.16. The Bertz CT molecular complexity index is 286. The molecule has 0 aliphatic carbocycles. The van der Waals surface area contributed by atoms with Crippen molar-refractivity contribution in [3.63, 3.8) is 0 Å². The van der Waals surface area contributed by atoms with E-state index in [4.69, 9.17) is 4.74 Å². The number of carbonyl (C=O) groups is 1. The van der Waals surface area contributed by atoms with Gasteiger partial charge in [0.25, 0.3) is 5.91 Å². The van der Waals surface area contributed by atoms with Crippen LogP contribution in [0.2, 0.25) is 0 Å². The van der Waals surface area contributed by atoms with Crippen molar-refractivity contribution < 1.29 is 9.53 Å². The fourth-order valence-electron chi connectivity index (χ4n) is 0.794. The smallest absolute Gasteiger partial charge is 0.257 e. The standard InChI is InChI=1S/C8H9N2O2/c1-9-7(11)6-4-3-5-10-8(6)12-2/h3,5H,1-2H3,(H,9,11). The zero-order chi connectivity index (χ0) is 8.97. The maximum atomic E-state index is 11.1. The summed E-state index contributed by atoms with van der Waals surface area (Å²) in [6, 6.07) is 4.30. The summed E-state index contributed by atoms with van der Waals surface area (Å²) in [5.41, 5.74) is 0.322. The van der Waals surface area contributed by atoms with E-state index in [0.717, 1.165) is 0 Å². The van der Waals surface area contributed by atoms with E-state index in [9.17, 15) is 4.79 Å². The lowest BCUT2D eigenvalue weighted by molar-refractivity contribution is 0.0959. The van der Waals surface area contributed by atoms with Crippen LogP contribution in [0.3, 0.4) is 0 Å². The van der Waals surface area contributed by atoms with E-state index in [1.165, 1.54) is 13.3 Å². The molecule has 1 radical (unpaired) electrons. The number of rotatable bonds is 2. The van der Waals surface area contributed by atoms with E-state index in [1.54, 1.807) is 13.1 Å². The predicted octanol–water partition coefficient (Wildman–Crippen LogP) is 0.250. The first-order valence-corrected chi connectivity index (χ1v) is 3.42. The van der Waals surface area contributed by atoms with Crippen LogP contribution in [0.25, 0.3) is 0 Å². The lowest BCUT2D eigenvalue weighted by atomic mass is 10.2. The van der Waals surface area contributed by atoms with E-state index in [1.807, 2.05) is 0 Å². The third-order valence-electron chi connectivity index (χ3n) is 1.36. The van der Waals surface area contributed by atoms with Crippen LogP contribution in [0.15, 0.2) is 12.3 Å². The topological polar surface area (TPSA) is 51.2 Å². The number of aromatic nitrogens is 1. The molecule has 0 unspecified atom stereocenters. The highest BCUT2D eigenvalue weighted by atomic mass is 16.5. The molecule has 0 saturated heterocycles. The predicted molar refractivity (Wildman–Crippen MR) is 43.0 cm³/mol. The molecule has 0 aliphatic heterocycles. The van der Waals surface area contributed by atoms with Gasteiger partial charge < -0.3 is 10.1 Å². The number of nitrogens with zero attached hydrogens (tertiary/aromatic N) is 1. The van der Waals surface area contributed by atoms with Crippen molar-refractivity contribution in [2.45, 2.75) is 0 Å². The molecule has 1 N–H and O–H groups in total. The number of methoxy groups -OCH3 is 1. The van der Waals surface area contributed by atoms with Gasteiger partial charge >= 0.3 is 0 Å². The van der Waals surface area contributed by atoms with Crippen LogP contribution in [0, 0.1) is 6.07 Å². The fraction of sp³-hybridized carbons (Fsp3) is 0.250. The number of ether oxygens (including phenoxy) is 1. The van der Waals surface area contributed by atoms with Crippen LogP contribution in [-0.2, 0) is 0 Å². The Hall–Kier alpha value is -1.58. The second kappa shape index (κ2) is 3.71. The van der Waals surface area contributed by atoms with E-state index >= 15 is 0 Å². The normalized spacial score (nSPS) is 9.17. The molecule has 0 aliphatic rings. The molecule has 4 heteroatoms. The lowest BCUT2D eigenvalue weighted by Crippen LogP contribution is -2.19. The molecule has 0 atom stereocenters. The number of amides is 1. The second-order valence-corrected chi connectivity index (χ2v) is 2.05. The first-order chi connectivity index (χ1) is 5.79. The zero-order valence-corrected chi connectivity index (χ0v) is 6.92. The molecule has 0 saturated carbocycles. The van der Waals surface area contributed by atoms with E-state index < -0.39 is 0 Å². The highest BCUT2D eigenvalue weighted by molar-refractivity contribution is 5.95. The van der Waals surface area contributed by atoms with Crippen LogP contribution in [-0.4, -0.2) is 25.0 Å². The van der Waals surface area contributed by atoms with Crippen LogP contribution < -0.4 is 10.1 Å². The summed E-state index contributed by atoms with van der Waals surface area (Å²) >= 11 is 0. The highest BCUT2D eigenvalue weighted by Gasteiger charge is 2.10. The van der Waals surface area contributed by atoms with Gasteiger partial charge in [0.2, 0.25) is 5.88 Å². The largest absolute Gasteiger partial charge is 0.480 e. The van der Waals surface area contributed by atoms with Gasteiger partial charge in [0.1, 0.15) is 5.56 Å². The lowest BCUT2D eigenvalue weighted by Gasteiger charge is -2.03. The molecule has 1 aromatic heterocycles. The summed E-state index contributed by atoms with van der Waals surface area (Å²) in [6.45, 7) is 0. The minimum absolute atomic E-state index is 0.250. The molecule has 1 heterocycles. The van der Waals surface area contributed by atoms with Crippen molar-refractivity contribution in [1.82, 2.24) is 10.3 Å². The van der Waals surface area contributed by atoms with Gasteiger partial charge in [-0.05, 0) is 6.07 Å². The molecule has 1 rings (SSSR count). The summed E-state index contributed by atoms with van der Waals surface area (Å²) in [7, 11) is 3.01. The van der Waals surface area contributed by atoms with Crippen molar-refractivity contribution in [2.24, 2.45) is 0 Å². The van der Waals surface area contributed by atoms with Gasteiger partial charge in [0.15, 0.2) is 0 Å². The van der Waals surface area contributed by atoms with Gasteiger partial charge in [-0.3, -0.25) is 4.79 Å². The minimum Gasteiger partial charge on any atom is -0.480 e. The molecule has 4 nitrogen and oxygen atoms in total. The summed E-state index contributed by atoms with van der Waals surface area (Å²) < 4.78 is 4.87. The van der Waals surface area contributed by atoms with Crippen molar-refractivity contribution in [3.8, 4) is 5.88 Å². The molecule has 1 aromatic rings. The maximum Gasteiger partial charge on any atom is 0.257 e. The summed E-state index contributed by atoms with van der Waals surface area (Å²) in [5.74, 6) is 0.0387. The van der Waals surface area contributed by atoms with Gasteiger partial charge in [-0.15, -0.1) is 0 Å². The molecule has 63 valence electrons. The highest BCUT2D eigenvalue weighted by Crippen LogP contribution is 2.11. The molecule has 0 fully saturated rings. The average molecular weight is 165 g/mol. The van der Waals surface area contributed by atoms with Crippen molar-refractivity contribution in [2.75, 3.05) is 14.2 Å². The number of hydrogen-bond acceptors (Lipinski definition) is 3. The molecule has 0 aromatic carbocycles.